The third kappa shape index (κ3) is 3.73. The van der Waals surface area contributed by atoms with E-state index in [2.05, 4.69) is 25.2 Å². The molecule has 0 amide bonds. The van der Waals surface area contributed by atoms with Crippen LogP contribution in [0.3, 0.4) is 0 Å². The van der Waals surface area contributed by atoms with E-state index in [1.807, 2.05) is 42.5 Å². The summed E-state index contributed by atoms with van der Waals surface area (Å²) in [6, 6.07) is 16.2. The smallest absolute Gasteiger partial charge is 0.0453 e. The maximum absolute atomic E-state index is 6.21. The zero-order valence-corrected chi connectivity index (χ0v) is 12.5. The summed E-state index contributed by atoms with van der Waals surface area (Å²) in [5, 5.41) is 5.09. The van der Waals surface area contributed by atoms with Crippen LogP contribution in [0.15, 0.2) is 48.5 Å². The summed E-state index contributed by atoms with van der Waals surface area (Å²) in [7, 11) is 0. The minimum atomic E-state index is 0.183. The quantitative estimate of drug-likeness (QED) is 0.795. The maximum atomic E-state index is 6.21. The Balaban J connectivity index is 2.11. The van der Waals surface area contributed by atoms with E-state index in [4.69, 9.17) is 23.2 Å². The van der Waals surface area contributed by atoms with Crippen molar-refractivity contribution in [3.05, 3.63) is 69.7 Å². The maximum Gasteiger partial charge on any atom is 0.0453 e. The predicted molar refractivity (Wildman–Crippen MR) is 82.9 cm³/mol. The summed E-state index contributed by atoms with van der Waals surface area (Å²) in [5.41, 5.74) is 2.28. The summed E-state index contributed by atoms with van der Waals surface area (Å²) in [6.07, 6.45) is 0. The van der Waals surface area contributed by atoms with E-state index in [-0.39, 0.29) is 12.1 Å². The molecule has 2 aromatic carbocycles. The molecule has 1 unspecified atom stereocenters. The molecule has 3 heteroatoms. The van der Waals surface area contributed by atoms with Gasteiger partial charge < -0.3 is 5.32 Å². The fraction of sp³-hybridized carbons (Fsp3) is 0.250. The number of hydrogen-bond acceptors (Lipinski definition) is 1. The van der Waals surface area contributed by atoms with Gasteiger partial charge in [-0.25, -0.2) is 0 Å². The molecule has 1 N–H and O–H groups in total. The second-order valence-electron chi connectivity index (χ2n) is 4.69. The first kappa shape index (κ1) is 14.4. The Morgan fingerprint density at radius 2 is 1.63 bits per heavy atom. The van der Waals surface area contributed by atoms with Gasteiger partial charge in [-0.2, -0.15) is 0 Å². The lowest BCUT2D eigenvalue weighted by atomic mass is 10.0. The van der Waals surface area contributed by atoms with Crippen LogP contribution in [-0.4, -0.2) is 0 Å². The van der Waals surface area contributed by atoms with Gasteiger partial charge in [0.1, 0.15) is 0 Å². The van der Waals surface area contributed by atoms with Crippen molar-refractivity contribution in [1.29, 1.82) is 0 Å². The lowest BCUT2D eigenvalue weighted by molar-refractivity contribution is 0.495. The fourth-order valence-electron chi connectivity index (χ4n) is 2.16. The molecule has 0 fully saturated rings. The minimum Gasteiger partial charge on any atom is -0.304 e. The largest absolute Gasteiger partial charge is 0.304 e. The first-order valence-corrected chi connectivity index (χ1v) is 7.09. The van der Waals surface area contributed by atoms with Crippen LogP contribution in [0, 0.1) is 0 Å². The Morgan fingerprint density at radius 1 is 0.895 bits per heavy atom. The molecule has 0 aliphatic rings. The Bertz CT molecular complexity index is 554. The summed E-state index contributed by atoms with van der Waals surface area (Å²) >= 11 is 12.2. The van der Waals surface area contributed by atoms with Gasteiger partial charge in [-0.15, -0.1) is 0 Å². The molecule has 0 bridgehead atoms. The summed E-state index contributed by atoms with van der Waals surface area (Å²) in [5.74, 6) is 0. The molecule has 0 radical (unpaired) electrons. The fourth-order valence-corrected chi connectivity index (χ4v) is 2.66. The van der Waals surface area contributed by atoms with E-state index < -0.39 is 0 Å². The lowest BCUT2D eigenvalue weighted by Gasteiger charge is -2.21. The van der Waals surface area contributed by atoms with Crippen molar-refractivity contribution in [1.82, 2.24) is 5.32 Å². The molecule has 0 aliphatic heterocycles. The Labute approximate surface area is 124 Å². The molecular formula is C16H17Cl2N. The van der Waals surface area contributed by atoms with Crippen molar-refractivity contribution >= 4 is 23.2 Å². The van der Waals surface area contributed by atoms with Crippen LogP contribution in [0.25, 0.3) is 0 Å². The molecule has 2 rings (SSSR count). The number of benzene rings is 2. The van der Waals surface area contributed by atoms with Gasteiger partial charge in [0.15, 0.2) is 0 Å². The molecule has 0 spiro atoms. The molecule has 0 saturated carbocycles. The van der Waals surface area contributed by atoms with Crippen LogP contribution in [0.1, 0.15) is 37.1 Å². The highest BCUT2D eigenvalue weighted by Gasteiger charge is 2.13. The lowest BCUT2D eigenvalue weighted by Crippen LogP contribution is -2.22. The first-order chi connectivity index (χ1) is 9.08. The van der Waals surface area contributed by atoms with Crippen molar-refractivity contribution in [3.8, 4) is 0 Å². The second kappa shape index (κ2) is 6.42. The molecular weight excluding hydrogens is 277 g/mol. The highest BCUT2D eigenvalue weighted by molar-refractivity contribution is 6.31. The summed E-state index contributed by atoms with van der Waals surface area (Å²) in [6.45, 7) is 4.24. The van der Waals surface area contributed by atoms with Gasteiger partial charge in [0.25, 0.3) is 0 Å². The van der Waals surface area contributed by atoms with Crippen LogP contribution in [0.5, 0.6) is 0 Å². The van der Waals surface area contributed by atoms with E-state index >= 15 is 0 Å². The van der Waals surface area contributed by atoms with Gasteiger partial charge in [0.2, 0.25) is 0 Å². The topological polar surface area (TPSA) is 12.0 Å². The Morgan fingerprint density at radius 3 is 2.32 bits per heavy atom. The van der Waals surface area contributed by atoms with E-state index in [9.17, 15) is 0 Å². The first-order valence-electron chi connectivity index (χ1n) is 6.34. The third-order valence-corrected chi connectivity index (χ3v) is 3.80. The van der Waals surface area contributed by atoms with Crippen molar-refractivity contribution < 1.29 is 0 Å². The van der Waals surface area contributed by atoms with E-state index in [1.54, 1.807) is 0 Å². The summed E-state index contributed by atoms with van der Waals surface area (Å²) < 4.78 is 0. The van der Waals surface area contributed by atoms with Crippen molar-refractivity contribution in [2.75, 3.05) is 0 Å². The van der Waals surface area contributed by atoms with Gasteiger partial charge in [-0.05, 0) is 43.2 Å². The predicted octanol–water partition coefficient (Wildman–Crippen LogP) is 5.41. The van der Waals surface area contributed by atoms with Crippen LogP contribution in [0.2, 0.25) is 10.0 Å². The molecule has 0 aromatic heterocycles. The molecule has 1 nitrogen and oxygen atoms in total. The standard InChI is InChI=1S/C16H17Cl2N/c1-11(13-6-5-7-14(17)10-13)19-12(2)15-8-3-4-9-16(15)18/h3-12,19H,1-2H3/t11-,12?/m0/s1. The number of hydrogen-bond donors (Lipinski definition) is 1. The molecule has 0 saturated heterocycles. The summed E-state index contributed by atoms with van der Waals surface area (Å²) in [4.78, 5) is 0. The molecule has 0 aliphatic carbocycles. The van der Waals surface area contributed by atoms with Gasteiger partial charge in [0, 0.05) is 22.1 Å². The average Bonchev–Trinajstić information content (AvgIpc) is 2.39. The van der Waals surface area contributed by atoms with Crippen LogP contribution in [-0.2, 0) is 0 Å². The molecule has 2 atom stereocenters. The van der Waals surface area contributed by atoms with E-state index in [0.717, 1.165) is 15.6 Å². The Kier molecular flexibility index (Phi) is 4.87. The SMILES string of the molecule is CC(N[C@@H](C)c1cccc(Cl)c1)c1ccccc1Cl. The monoisotopic (exact) mass is 293 g/mol. The number of nitrogens with one attached hydrogen (secondary N) is 1. The molecule has 0 heterocycles. The zero-order chi connectivity index (χ0) is 13.8. The van der Waals surface area contributed by atoms with Crippen molar-refractivity contribution in [3.63, 3.8) is 0 Å². The van der Waals surface area contributed by atoms with Gasteiger partial charge in [-0.1, -0.05) is 53.5 Å². The van der Waals surface area contributed by atoms with Gasteiger partial charge in [0.05, 0.1) is 0 Å². The molecule has 19 heavy (non-hydrogen) atoms. The number of rotatable bonds is 4. The van der Waals surface area contributed by atoms with Gasteiger partial charge >= 0.3 is 0 Å². The van der Waals surface area contributed by atoms with Crippen LogP contribution in [0.4, 0.5) is 0 Å². The van der Waals surface area contributed by atoms with Gasteiger partial charge in [-0.3, -0.25) is 0 Å². The highest BCUT2D eigenvalue weighted by atomic mass is 35.5. The van der Waals surface area contributed by atoms with E-state index in [1.165, 1.54) is 5.56 Å². The number of halogens is 2. The Hall–Kier alpha value is -1.02. The molecule has 2 aromatic rings. The van der Waals surface area contributed by atoms with E-state index in [0.29, 0.717) is 0 Å². The minimum absolute atomic E-state index is 0.183. The normalized spacial score (nSPS) is 14.1. The average molecular weight is 294 g/mol. The zero-order valence-electron chi connectivity index (χ0n) is 11.0. The van der Waals surface area contributed by atoms with Crippen molar-refractivity contribution in [2.45, 2.75) is 25.9 Å². The van der Waals surface area contributed by atoms with Crippen LogP contribution < -0.4 is 5.32 Å². The van der Waals surface area contributed by atoms with Crippen molar-refractivity contribution in [2.24, 2.45) is 0 Å². The molecule has 100 valence electrons. The third-order valence-electron chi connectivity index (χ3n) is 3.22. The highest BCUT2D eigenvalue weighted by Crippen LogP contribution is 2.25. The van der Waals surface area contributed by atoms with Crippen LogP contribution >= 0.6 is 23.2 Å². The second-order valence-corrected chi connectivity index (χ2v) is 5.53.